The van der Waals surface area contributed by atoms with Crippen LogP contribution in [0.25, 0.3) is 11.4 Å². The standard InChI is InChI=1S/C19H21N5OS/c1-12-9-16(13(2)23(12)3)17(25)11-26-19-22-21-18(24(19)15-6-7-15)14-5-4-8-20-10-14/h4-5,8-10,15H,6-7,11H2,1-3H3. The SMILES string of the molecule is Cc1cc(C(=O)CSc2nnc(-c3cccnc3)n2C2CC2)c(C)n1C. The van der Waals surface area contributed by atoms with Gasteiger partial charge < -0.3 is 4.57 Å². The number of Topliss-reactive ketones (excluding diaryl/α,β-unsaturated/α-hetero) is 1. The molecule has 3 aromatic rings. The summed E-state index contributed by atoms with van der Waals surface area (Å²) in [5, 5.41) is 9.54. The van der Waals surface area contributed by atoms with Gasteiger partial charge in [-0.15, -0.1) is 10.2 Å². The van der Waals surface area contributed by atoms with E-state index in [1.807, 2.05) is 43.7 Å². The summed E-state index contributed by atoms with van der Waals surface area (Å²) in [6.45, 7) is 4.00. The summed E-state index contributed by atoms with van der Waals surface area (Å²) in [5.41, 5.74) is 3.85. The van der Waals surface area contributed by atoms with Gasteiger partial charge in [-0.05, 0) is 44.9 Å². The molecule has 0 amide bonds. The minimum atomic E-state index is 0.129. The fourth-order valence-electron chi connectivity index (χ4n) is 3.07. The summed E-state index contributed by atoms with van der Waals surface area (Å²) in [7, 11) is 1.98. The number of rotatable bonds is 6. The van der Waals surface area contributed by atoms with Gasteiger partial charge in [-0.3, -0.25) is 14.3 Å². The zero-order valence-corrected chi connectivity index (χ0v) is 16.0. The van der Waals surface area contributed by atoms with Crippen molar-refractivity contribution < 1.29 is 4.79 Å². The third kappa shape index (κ3) is 3.07. The van der Waals surface area contributed by atoms with Crippen LogP contribution in [0.15, 0.2) is 35.7 Å². The Labute approximate surface area is 156 Å². The van der Waals surface area contributed by atoms with Crippen LogP contribution in [0.5, 0.6) is 0 Å². The van der Waals surface area contributed by atoms with E-state index in [9.17, 15) is 4.79 Å². The van der Waals surface area contributed by atoms with Crippen molar-refractivity contribution in [3.8, 4) is 11.4 Å². The molecule has 26 heavy (non-hydrogen) atoms. The maximum atomic E-state index is 12.7. The summed E-state index contributed by atoms with van der Waals surface area (Å²) in [6, 6.07) is 6.28. The van der Waals surface area contributed by atoms with Crippen molar-refractivity contribution in [2.24, 2.45) is 7.05 Å². The van der Waals surface area contributed by atoms with Gasteiger partial charge in [0.25, 0.3) is 0 Å². The first-order chi connectivity index (χ1) is 12.6. The Morgan fingerprint density at radius 2 is 2.12 bits per heavy atom. The molecule has 3 heterocycles. The van der Waals surface area contributed by atoms with Gasteiger partial charge in [-0.2, -0.15) is 0 Å². The number of nitrogens with zero attached hydrogens (tertiary/aromatic N) is 5. The van der Waals surface area contributed by atoms with Gasteiger partial charge in [0, 0.05) is 48.0 Å². The predicted octanol–water partition coefficient (Wildman–Crippen LogP) is 3.61. The Bertz CT molecular complexity index is 956. The lowest BCUT2D eigenvalue weighted by Gasteiger charge is -2.08. The topological polar surface area (TPSA) is 65.6 Å². The lowest BCUT2D eigenvalue weighted by Crippen LogP contribution is -2.06. The number of pyridine rings is 1. The zero-order chi connectivity index (χ0) is 18.3. The second-order valence-electron chi connectivity index (χ2n) is 6.70. The van der Waals surface area contributed by atoms with E-state index in [2.05, 4.69) is 19.7 Å². The second kappa shape index (κ2) is 6.72. The molecule has 0 aliphatic heterocycles. The third-order valence-corrected chi connectivity index (χ3v) is 5.85. The molecule has 134 valence electrons. The van der Waals surface area contributed by atoms with E-state index in [1.165, 1.54) is 11.8 Å². The number of hydrogen-bond acceptors (Lipinski definition) is 5. The highest BCUT2D eigenvalue weighted by molar-refractivity contribution is 7.99. The van der Waals surface area contributed by atoms with Crippen molar-refractivity contribution in [1.29, 1.82) is 0 Å². The van der Waals surface area contributed by atoms with E-state index in [0.29, 0.717) is 11.8 Å². The molecule has 1 aliphatic carbocycles. The molecule has 7 heteroatoms. The van der Waals surface area contributed by atoms with Crippen molar-refractivity contribution in [1.82, 2.24) is 24.3 Å². The van der Waals surface area contributed by atoms with Crippen molar-refractivity contribution in [2.75, 3.05) is 5.75 Å². The van der Waals surface area contributed by atoms with Crippen LogP contribution in [0.1, 0.15) is 40.6 Å². The van der Waals surface area contributed by atoms with Gasteiger partial charge in [-0.25, -0.2) is 0 Å². The van der Waals surface area contributed by atoms with E-state index >= 15 is 0 Å². The summed E-state index contributed by atoms with van der Waals surface area (Å²) >= 11 is 1.47. The lowest BCUT2D eigenvalue weighted by atomic mass is 10.2. The molecular weight excluding hydrogens is 346 g/mol. The Balaban J connectivity index is 1.56. The maximum absolute atomic E-state index is 12.7. The molecule has 0 radical (unpaired) electrons. The first-order valence-corrected chi connectivity index (χ1v) is 9.69. The quantitative estimate of drug-likeness (QED) is 0.492. The molecule has 0 atom stereocenters. The Morgan fingerprint density at radius 1 is 1.31 bits per heavy atom. The van der Waals surface area contributed by atoms with Crippen LogP contribution in [-0.2, 0) is 7.05 Å². The first-order valence-electron chi connectivity index (χ1n) is 8.70. The average Bonchev–Trinajstić information content (AvgIpc) is 3.36. The van der Waals surface area contributed by atoms with Crippen LogP contribution in [-0.4, -0.2) is 35.9 Å². The lowest BCUT2D eigenvalue weighted by molar-refractivity contribution is 0.102. The predicted molar refractivity (Wildman–Crippen MR) is 101 cm³/mol. The molecule has 0 aromatic carbocycles. The summed E-state index contributed by atoms with van der Waals surface area (Å²) in [4.78, 5) is 16.9. The van der Waals surface area contributed by atoms with Crippen LogP contribution in [0.3, 0.4) is 0 Å². The van der Waals surface area contributed by atoms with E-state index < -0.39 is 0 Å². The minimum Gasteiger partial charge on any atom is -0.351 e. The van der Waals surface area contributed by atoms with Crippen molar-refractivity contribution in [3.63, 3.8) is 0 Å². The van der Waals surface area contributed by atoms with E-state index in [-0.39, 0.29) is 5.78 Å². The molecule has 0 spiro atoms. The maximum Gasteiger partial charge on any atom is 0.192 e. The Kier molecular flexibility index (Phi) is 4.40. The number of aryl methyl sites for hydroxylation is 1. The smallest absolute Gasteiger partial charge is 0.192 e. The number of aromatic nitrogens is 5. The molecule has 6 nitrogen and oxygen atoms in total. The molecule has 3 aromatic heterocycles. The first kappa shape index (κ1) is 17.0. The normalized spacial score (nSPS) is 14.0. The van der Waals surface area contributed by atoms with Gasteiger partial charge >= 0.3 is 0 Å². The number of thioether (sulfide) groups is 1. The highest BCUT2D eigenvalue weighted by Gasteiger charge is 2.30. The van der Waals surface area contributed by atoms with Gasteiger partial charge in [0.2, 0.25) is 0 Å². The van der Waals surface area contributed by atoms with Crippen molar-refractivity contribution in [2.45, 2.75) is 37.9 Å². The number of ketones is 1. The van der Waals surface area contributed by atoms with Crippen molar-refractivity contribution >= 4 is 17.5 Å². The van der Waals surface area contributed by atoms with E-state index in [4.69, 9.17) is 0 Å². The van der Waals surface area contributed by atoms with E-state index in [0.717, 1.165) is 46.3 Å². The number of hydrogen-bond donors (Lipinski definition) is 0. The van der Waals surface area contributed by atoms with Gasteiger partial charge in [0.15, 0.2) is 16.8 Å². The van der Waals surface area contributed by atoms with Gasteiger partial charge in [-0.1, -0.05) is 11.8 Å². The molecule has 1 fully saturated rings. The fourth-order valence-corrected chi connectivity index (χ4v) is 3.96. The summed E-state index contributed by atoms with van der Waals surface area (Å²) < 4.78 is 4.21. The Hall–Kier alpha value is -2.41. The second-order valence-corrected chi connectivity index (χ2v) is 7.65. The minimum absolute atomic E-state index is 0.129. The molecule has 0 unspecified atom stereocenters. The third-order valence-electron chi connectivity index (χ3n) is 4.90. The zero-order valence-electron chi connectivity index (χ0n) is 15.1. The largest absolute Gasteiger partial charge is 0.351 e. The number of carbonyl (C=O) groups excluding carboxylic acids is 1. The monoisotopic (exact) mass is 367 g/mol. The molecule has 1 aliphatic rings. The molecule has 0 saturated heterocycles. The van der Waals surface area contributed by atoms with Crippen LogP contribution in [0.2, 0.25) is 0 Å². The van der Waals surface area contributed by atoms with Gasteiger partial charge in [0.1, 0.15) is 0 Å². The van der Waals surface area contributed by atoms with E-state index in [1.54, 1.807) is 12.4 Å². The Morgan fingerprint density at radius 3 is 2.73 bits per heavy atom. The van der Waals surface area contributed by atoms with Crippen LogP contribution in [0.4, 0.5) is 0 Å². The van der Waals surface area contributed by atoms with Crippen LogP contribution >= 0.6 is 11.8 Å². The molecule has 0 N–H and O–H groups in total. The highest BCUT2D eigenvalue weighted by atomic mass is 32.2. The van der Waals surface area contributed by atoms with Crippen molar-refractivity contribution in [3.05, 3.63) is 47.5 Å². The van der Waals surface area contributed by atoms with Crippen LogP contribution < -0.4 is 0 Å². The molecule has 0 bridgehead atoms. The fraction of sp³-hybridized carbons (Fsp3) is 0.368. The molecule has 4 rings (SSSR count). The van der Waals surface area contributed by atoms with Gasteiger partial charge in [0.05, 0.1) is 5.75 Å². The average molecular weight is 367 g/mol. The highest BCUT2D eigenvalue weighted by Crippen LogP contribution is 2.41. The molecular formula is C19H21N5OS. The van der Waals surface area contributed by atoms with Crippen LogP contribution in [0, 0.1) is 13.8 Å². The molecule has 1 saturated carbocycles. The summed E-state index contributed by atoms with van der Waals surface area (Å²) in [5.74, 6) is 1.33. The number of carbonyl (C=O) groups is 1. The summed E-state index contributed by atoms with van der Waals surface area (Å²) in [6.07, 6.45) is 5.81.